The van der Waals surface area contributed by atoms with Crippen molar-refractivity contribution in [2.24, 2.45) is 0 Å². The number of rotatable bonds is 6. The Kier molecular flexibility index (Phi) is 6.49. The number of aromatic hydroxyl groups is 1. The van der Waals surface area contributed by atoms with Gasteiger partial charge in [-0.25, -0.2) is 0 Å². The second-order valence-electron chi connectivity index (χ2n) is 7.76. The standard InChI is InChI=1S/C19H29NO6/c1-11(21)26-12(9-20-19(2,3)4)10-25-18-6-5-15(22)13-7-16(23)17(24)8-14(13)18/h5-6,12,16-17,20,22-24H,7-10H2,1-4H3/t12?,16-,17+/m0/s1. The highest BCUT2D eigenvalue weighted by Crippen LogP contribution is 2.35. The Bertz CT molecular complexity index is 640. The van der Waals surface area contributed by atoms with Crippen molar-refractivity contribution in [3.05, 3.63) is 23.3 Å². The fourth-order valence-electron chi connectivity index (χ4n) is 2.91. The highest BCUT2D eigenvalue weighted by molar-refractivity contribution is 5.66. The summed E-state index contributed by atoms with van der Waals surface area (Å²) in [6.45, 7) is 7.97. The number of hydrogen-bond donors (Lipinski definition) is 4. The summed E-state index contributed by atoms with van der Waals surface area (Å²) in [4.78, 5) is 11.3. The molecule has 1 aliphatic carbocycles. The molecule has 0 spiro atoms. The highest BCUT2D eigenvalue weighted by atomic mass is 16.6. The fourth-order valence-corrected chi connectivity index (χ4v) is 2.91. The maximum Gasteiger partial charge on any atom is 0.303 e. The van der Waals surface area contributed by atoms with E-state index in [1.807, 2.05) is 20.8 Å². The number of phenolic OH excluding ortho intramolecular Hbond substituents is 1. The molecule has 7 heteroatoms. The second-order valence-corrected chi connectivity index (χ2v) is 7.76. The van der Waals surface area contributed by atoms with Crippen molar-refractivity contribution >= 4 is 5.97 Å². The van der Waals surface area contributed by atoms with Gasteiger partial charge in [0.05, 0.1) is 12.2 Å². The first-order valence-electron chi connectivity index (χ1n) is 8.81. The van der Waals surface area contributed by atoms with Crippen LogP contribution < -0.4 is 10.1 Å². The van der Waals surface area contributed by atoms with Crippen LogP contribution in [0, 0.1) is 0 Å². The summed E-state index contributed by atoms with van der Waals surface area (Å²) in [6.07, 6.45) is -1.93. The molecule has 1 aromatic rings. The molecule has 0 saturated heterocycles. The maximum absolute atomic E-state index is 11.3. The lowest BCUT2D eigenvalue weighted by atomic mass is 9.86. The molecular weight excluding hydrogens is 338 g/mol. The average Bonchev–Trinajstić information content (AvgIpc) is 2.52. The third-order valence-corrected chi connectivity index (χ3v) is 4.25. The number of aliphatic hydroxyl groups excluding tert-OH is 2. The number of ether oxygens (including phenoxy) is 2. The van der Waals surface area contributed by atoms with Crippen molar-refractivity contribution in [1.82, 2.24) is 5.32 Å². The van der Waals surface area contributed by atoms with E-state index >= 15 is 0 Å². The first kappa shape index (κ1) is 20.5. The van der Waals surface area contributed by atoms with Crippen LogP contribution in [0.1, 0.15) is 38.8 Å². The molecule has 3 atom stereocenters. The zero-order chi connectivity index (χ0) is 19.5. The molecule has 7 nitrogen and oxygen atoms in total. The molecule has 0 amide bonds. The van der Waals surface area contributed by atoms with Crippen molar-refractivity contribution in [3.8, 4) is 11.5 Å². The number of fused-ring (bicyclic) bond motifs is 1. The van der Waals surface area contributed by atoms with Gasteiger partial charge in [0.15, 0.2) is 0 Å². The van der Waals surface area contributed by atoms with E-state index in [1.165, 1.54) is 13.0 Å². The Morgan fingerprint density at radius 2 is 1.85 bits per heavy atom. The van der Waals surface area contributed by atoms with Crippen molar-refractivity contribution in [2.45, 2.75) is 64.4 Å². The van der Waals surface area contributed by atoms with E-state index < -0.39 is 18.3 Å². The van der Waals surface area contributed by atoms with Gasteiger partial charge in [0.25, 0.3) is 0 Å². The lowest BCUT2D eigenvalue weighted by Gasteiger charge is -2.29. The number of nitrogens with one attached hydrogen (secondary N) is 1. The van der Waals surface area contributed by atoms with Crippen LogP contribution in [0.5, 0.6) is 11.5 Å². The first-order chi connectivity index (χ1) is 12.1. The zero-order valence-corrected chi connectivity index (χ0v) is 15.8. The van der Waals surface area contributed by atoms with Crippen molar-refractivity contribution < 1.29 is 29.6 Å². The summed E-state index contributed by atoms with van der Waals surface area (Å²) in [7, 11) is 0. The van der Waals surface area contributed by atoms with Crippen LogP contribution in [-0.4, -0.2) is 58.3 Å². The molecule has 4 N–H and O–H groups in total. The second kappa shape index (κ2) is 8.24. The van der Waals surface area contributed by atoms with Gasteiger partial charge in [0, 0.05) is 43.0 Å². The van der Waals surface area contributed by atoms with Crippen LogP contribution in [0.2, 0.25) is 0 Å². The third kappa shape index (κ3) is 5.59. The monoisotopic (exact) mass is 367 g/mol. The summed E-state index contributed by atoms with van der Waals surface area (Å²) in [5, 5.41) is 33.1. The van der Waals surface area contributed by atoms with E-state index in [2.05, 4.69) is 5.32 Å². The number of carbonyl (C=O) groups is 1. The molecule has 0 radical (unpaired) electrons. The predicted octanol–water partition coefficient (Wildman–Crippen LogP) is 0.911. The summed E-state index contributed by atoms with van der Waals surface area (Å²) in [6, 6.07) is 3.13. The van der Waals surface area contributed by atoms with Gasteiger partial charge in [0.1, 0.15) is 24.2 Å². The van der Waals surface area contributed by atoms with E-state index in [0.717, 1.165) is 0 Å². The van der Waals surface area contributed by atoms with Gasteiger partial charge in [-0.1, -0.05) is 0 Å². The number of hydrogen-bond acceptors (Lipinski definition) is 7. The van der Waals surface area contributed by atoms with Gasteiger partial charge in [0.2, 0.25) is 0 Å². The van der Waals surface area contributed by atoms with Crippen molar-refractivity contribution in [3.63, 3.8) is 0 Å². The molecule has 0 saturated carbocycles. The van der Waals surface area contributed by atoms with E-state index in [4.69, 9.17) is 9.47 Å². The summed E-state index contributed by atoms with van der Waals surface area (Å²) in [5.41, 5.74) is 1.13. The van der Waals surface area contributed by atoms with Crippen molar-refractivity contribution in [1.29, 1.82) is 0 Å². The van der Waals surface area contributed by atoms with Crippen LogP contribution in [0.15, 0.2) is 12.1 Å². The Hall–Kier alpha value is -1.83. The van der Waals surface area contributed by atoms with E-state index in [-0.39, 0.29) is 36.7 Å². The normalized spacial score (nSPS) is 21.0. The zero-order valence-electron chi connectivity index (χ0n) is 15.8. The van der Waals surface area contributed by atoms with Crippen LogP contribution in [0.4, 0.5) is 0 Å². The summed E-state index contributed by atoms with van der Waals surface area (Å²) in [5.74, 6) is 0.196. The molecule has 1 unspecified atom stereocenters. The van der Waals surface area contributed by atoms with Gasteiger partial charge < -0.3 is 30.1 Å². The van der Waals surface area contributed by atoms with Gasteiger partial charge in [-0.15, -0.1) is 0 Å². The number of aliphatic hydroxyl groups is 2. The number of benzene rings is 1. The number of carbonyl (C=O) groups excluding carboxylic acids is 1. The predicted molar refractivity (Wildman–Crippen MR) is 96.3 cm³/mol. The molecule has 1 aliphatic rings. The molecule has 1 aromatic carbocycles. The molecule has 0 aromatic heterocycles. The minimum absolute atomic E-state index is 0.0734. The average molecular weight is 367 g/mol. The van der Waals surface area contributed by atoms with Gasteiger partial charge in [-0.3, -0.25) is 4.79 Å². The van der Waals surface area contributed by atoms with E-state index in [1.54, 1.807) is 6.07 Å². The Balaban J connectivity index is 2.11. The molecule has 26 heavy (non-hydrogen) atoms. The largest absolute Gasteiger partial charge is 0.508 e. The van der Waals surface area contributed by atoms with E-state index in [9.17, 15) is 20.1 Å². The lowest BCUT2D eigenvalue weighted by Crippen LogP contribution is -2.44. The Labute approximate surface area is 153 Å². The van der Waals surface area contributed by atoms with Gasteiger partial charge >= 0.3 is 5.97 Å². The van der Waals surface area contributed by atoms with Crippen LogP contribution in [-0.2, 0) is 22.4 Å². The topological polar surface area (TPSA) is 108 Å². The minimum atomic E-state index is -0.909. The Morgan fingerprint density at radius 3 is 2.42 bits per heavy atom. The quantitative estimate of drug-likeness (QED) is 0.554. The van der Waals surface area contributed by atoms with E-state index in [0.29, 0.717) is 23.4 Å². The van der Waals surface area contributed by atoms with Gasteiger partial charge in [-0.2, -0.15) is 0 Å². The molecular formula is C19H29NO6. The maximum atomic E-state index is 11.3. The smallest absolute Gasteiger partial charge is 0.303 e. The molecule has 0 bridgehead atoms. The third-order valence-electron chi connectivity index (χ3n) is 4.25. The van der Waals surface area contributed by atoms with Gasteiger partial charge in [-0.05, 0) is 32.9 Å². The molecule has 0 aliphatic heterocycles. The lowest BCUT2D eigenvalue weighted by molar-refractivity contribution is -0.147. The fraction of sp³-hybridized carbons (Fsp3) is 0.632. The van der Waals surface area contributed by atoms with Crippen LogP contribution in [0.3, 0.4) is 0 Å². The number of esters is 1. The summed E-state index contributed by atoms with van der Waals surface area (Å²) >= 11 is 0. The highest BCUT2D eigenvalue weighted by Gasteiger charge is 2.30. The van der Waals surface area contributed by atoms with Crippen molar-refractivity contribution in [2.75, 3.05) is 13.2 Å². The van der Waals surface area contributed by atoms with Crippen LogP contribution in [0.25, 0.3) is 0 Å². The summed E-state index contributed by atoms with van der Waals surface area (Å²) < 4.78 is 11.2. The Morgan fingerprint density at radius 1 is 1.23 bits per heavy atom. The minimum Gasteiger partial charge on any atom is -0.508 e. The molecule has 2 rings (SSSR count). The SMILES string of the molecule is CC(=O)OC(CNC(C)(C)C)COc1ccc(O)c2c1C[C@@H](O)[C@@H](O)C2. The number of phenols is 1. The molecule has 0 fully saturated rings. The van der Waals surface area contributed by atoms with Crippen LogP contribution >= 0.6 is 0 Å². The molecule has 0 heterocycles. The molecule has 146 valence electrons. The first-order valence-corrected chi connectivity index (χ1v) is 8.81.